The molecule has 0 heterocycles. The van der Waals surface area contributed by atoms with Crippen molar-refractivity contribution >= 4 is 53.5 Å². The van der Waals surface area contributed by atoms with Crippen LogP contribution in [0, 0.1) is 6.92 Å². The quantitative estimate of drug-likeness (QED) is 0.639. The van der Waals surface area contributed by atoms with Crippen molar-refractivity contribution in [2.45, 2.75) is 13.5 Å². The van der Waals surface area contributed by atoms with Gasteiger partial charge in [0.05, 0.1) is 8.95 Å². The van der Waals surface area contributed by atoms with E-state index in [0.717, 1.165) is 15.7 Å². The third kappa shape index (κ3) is 3.74. The summed E-state index contributed by atoms with van der Waals surface area (Å²) in [7, 11) is 0. The molecule has 0 fully saturated rings. The number of halogens is 3. The Morgan fingerprint density at radius 2 is 1.63 bits per heavy atom. The molecule has 2 N–H and O–H groups in total. The van der Waals surface area contributed by atoms with Crippen molar-refractivity contribution in [2.75, 3.05) is 5.32 Å². The lowest BCUT2D eigenvalue weighted by atomic mass is 10.2. The Morgan fingerprint density at radius 1 is 1.00 bits per heavy atom. The van der Waals surface area contributed by atoms with Gasteiger partial charge in [0.15, 0.2) is 0 Å². The first-order chi connectivity index (χ1) is 8.97. The molecule has 0 aliphatic heterocycles. The van der Waals surface area contributed by atoms with Crippen LogP contribution in [0.1, 0.15) is 11.1 Å². The van der Waals surface area contributed by atoms with Crippen LogP contribution in [0.4, 0.5) is 5.69 Å². The van der Waals surface area contributed by atoms with Gasteiger partial charge < -0.3 is 10.4 Å². The van der Waals surface area contributed by atoms with Crippen LogP contribution in [-0.2, 0) is 6.54 Å². The van der Waals surface area contributed by atoms with Crippen molar-refractivity contribution in [2.24, 2.45) is 0 Å². The Bertz CT molecular complexity index is 591. The van der Waals surface area contributed by atoms with E-state index in [1.807, 2.05) is 24.3 Å². The van der Waals surface area contributed by atoms with E-state index in [1.165, 1.54) is 5.56 Å². The maximum Gasteiger partial charge on any atom is 0.143 e. The highest BCUT2D eigenvalue weighted by Gasteiger charge is 2.06. The number of rotatable bonds is 3. The van der Waals surface area contributed by atoms with Crippen LogP contribution < -0.4 is 5.32 Å². The van der Waals surface area contributed by atoms with Crippen molar-refractivity contribution < 1.29 is 5.11 Å². The van der Waals surface area contributed by atoms with Gasteiger partial charge in [0, 0.05) is 16.7 Å². The van der Waals surface area contributed by atoms with Gasteiger partial charge in [-0.2, -0.15) is 0 Å². The second-order valence-electron chi connectivity index (χ2n) is 4.23. The van der Waals surface area contributed by atoms with E-state index in [1.54, 1.807) is 0 Å². The predicted molar refractivity (Wildman–Crippen MR) is 89.7 cm³/mol. The van der Waals surface area contributed by atoms with Crippen molar-refractivity contribution in [3.8, 4) is 5.75 Å². The summed E-state index contributed by atoms with van der Waals surface area (Å²) in [5.74, 6) is 0.225. The molecular formula is C14H12Br3NO. The third-order valence-electron chi connectivity index (χ3n) is 2.73. The van der Waals surface area contributed by atoms with Gasteiger partial charge in [-0.05, 0) is 80.2 Å². The second kappa shape index (κ2) is 6.29. The smallest absolute Gasteiger partial charge is 0.143 e. The first kappa shape index (κ1) is 14.9. The molecule has 0 aliphatic carbocycles. The van der Waals surface area contributed by atoms with Gasteiger partial charge in [0.25, 0.3) is 0 Å². The normalized spacial score (nSPS) is 10.5. The molecule has 2 rings (SSSR count). The van der Waals surface area contributed by atoms with E-state index in [4.69, 9.17) is 0 Å². The molecule has 0 amide bonds. The van der Waals surface area contributed by atoms with Gasteiger partial charge in [-0.25, -0.2) is 0 Å². The van der Waals surface area contributed by atoms with E-state index in [0.29, 0.717) is 15.5 Å². The minimum absolute atomic E-state index is 0.225. The Morgan fingerprint density at radius 3 is 2.21 bits per heavy atom. The molecule has 0 spiro atoms. The third-order valence-corrected chi connectivity index (χ3v) is 4.83. The van der Waals surface area contributed by atoms with Crippen LogP contribution >= 0.6 is 47.8 Å². The molecule has 5 heteroatoms. The van der Waals surface area contributed by atoms with E-state index >= 15 is 0 Å². The van der Waals surface area contributed by atoms with Crippen LogP contribution in [0.25, 0.3) is 0 Å². The minimum Gasteiger partial charge on any atom is -0.506 e. The number of nitrogens with one attached hydrogen (secondary N) is 1. The lowest BCUT2D eigenvalue weighted by molar-refractivity contribution is 0.468. The molecule has 0 radical (unpaired) electrons. The molecule has 0 aromatic heterocycles. The summed E-state index contributed by atoms with van der Waals surface area (Å²) in [5, 5.41) is 13.0. The van der Waals surface area contributed by atoms with Crippen LogP contribution in [0.2, 0.25) is 0 Å². The van der Waals surface area contributed by atoms with E-state index in [9.17, 15) is 5.11 Å². The number of aryl methyl sites for hydroxylation is 1. The summed E-state index contributed by atoms with van der Waals surface area (Å²) < 4.78 is 2.48. The fraction of sp³-hybridized carbons (Fsp3) is 0.143. The van der Waals surface area contributed by atoms with Gasteiger partial charge in [0.2, 0.25) is 0 Å². The van der Waals surface area contributed by atoms with Crippen LogP contribution in [0.3, 0.4) is 0 Å². The van der Waals surface area contributed by atoms with Crippen LogP contribution in [0.15, 0.2) is 43.7 Å². The fourth-order valence-corrected chi connectivity index (χ4v) is 3.21. The minimum atomic E-state index is 0.225. The van der Waals surface area contributed by atoms with Crippen molar-refractivity contribution in [3.05, 3.63) is 54.9 Å². The van der Waals surface area contributed by atoms with Crippen LogP contribution in [0.5, 0.6) is 5.75 Å². The van der Waals surface area contributed by atoms with Crippen molar-refractivity contribution in [1.29, 1.82) is 0 Å². The molecule has 0 bridgehead atoms. The monoisotopic (exact) mass is 447 g/mol. The van der Waals surface area contributed by atoms with Gasteiger partial charge in [0.1, 0.15) is 5.75 Å². The molecule has 2 nitrogen and oxygen atoms in total. The Balaban J connectivity index is 2.12. The summed E-state index contributed by atoms with van der Waals surface area (Å²) in [6.45, 7) is 2.75. The highest BCUT2D eigenvalue weighted by atomic mass is 79.9. The molecule has 0 aliphatic rings. The molecule has 2 aromatic rings. The van der Waals surface area contributed by atoms with Gasteiger partial charge in [-0.3, -0.25) is 0 Å². The average molecular weight is 450 g/mol. The lowest BCUT2D eigenvalue weighted by Gasteiger charge is -2.10. The van der Waals surface area contributed by atoms with E-state index < -0.39 is 0 Å². The number of hydrogen-bond acceptors (Lipinski definition) is 2. The van der Waals surface area contributed by atoms with Gasteiger partial charge in [-0.15, -0.1) is 0 Å². The zero-order valence-corrected chi connectivity index (χ0v) is 14.9. The highest BCUT2D eigenvalue weighted by Crippen LogP contribution is 2.33. The highest BCUT2D eigenvalue weighted by molar-refractivity contribution is 9.11. The summed E-state index contributed by atoms with van der Waals surface area (Å²) in [4.78, 5) is 0. The second-order valence-corrected chi connectivity index (χ2v) is 6.79. The number of hydrogen-bond donors (Lipinski definition) is 2. The van der Waals surface area contributed by atoms with Gasteiger partial charge in [-0.1, -0.05) is 15.9 Å². The maximum atomic E-state index is 9.66. The summed E-state index contributed by atoms with van der Waals surface area (Å²) in [6.07, 6.45) is 0. The van der Waals surface area contributed by atoms with E-state index in [2.05, 4.69) is 66.1 Å². The number of benzene rings is 2. The first-order valence-electron chi connectivity index (χ1n) is 5.64. The first-order valence-corrected chi connectivity index (χ1v) is 8.02. The van der Waals surface area contributed by atoms with Crippen molar-refractivity contribution in [3.63, 3.8) is 0 Å². The molecule has 0 atom stereocenters. The Hall–Kier alpha value is -0.520. The largest absolute Gasteiger partial charge is 0.506 e. The zero-order chi connectivity index (χ0) is 14.0. The molecule has 19 heavy (non-hydrogen) atoms. The standard InChI is InChI=1S/C14H12Br3NO/c1-8-4-10(2-3-11(8)15)18-7-9-5-12(16)14(19)13(17)6-9/h2-6,18-19H,7H2,1H3. The van der Waals surface area contributed by atoms with Crippen LogP contribution in [-0.4, -0.2) is 5.11 Å². The zero-order valence-electron chi connectivity index (χ0n) is 10.2. The molecule has 0 unspecified atom stereocenters. The summed E-state index contributed by atoms with van der Waals surface area (Å²) in [5.41, 5.74) is 3.34. The molecule has 0 saturated heterocycles. The Kier molecular flexibility index (Phi) is 4.92. The molecule has 100 valence electrons. The summed E-state index contributed by atoms with van der Waals surface area (Å²) >= 11 is 10.1. The number of anilines is 1. The van der Waals surface area contributed by atoms with Gasteiger partial charge >= 0.3 is 0 Å². The molecule has 2 aromatic carbocycles. The Labute approximate surface area is 137 Å². The van der Waals surface area contributed by atoms with E-state index in [-0.39, 0.29) is 5.75 Å². The fourth-order valence-electron chi connectivity index (χ4n) is 1.68. The number of phenolic OH excluding ortho intramolecular Hbond substituents is 1. The molecular weight excluding hydrogens is 438 g/mol. The lowest BCUT2D eigenvalue weighted by Crippen LogP contribution is -2.00. The number of aromatic hydroxyl groups is 1. The molecule has 0 saturated carbocycles. The average Bonchev–Trinajstić information content (AvgIpc) is 2.37. The predicted octanol–water partition coefficient (Wildman–Crippen LogP) is 5.60. The maximum absolute atomic E-state index is 9.66. The number of phenols is 1. The summed E-state index contributed by atoms with van der Waals surface area (Å²) in [6, 6.07) is 9.95. The topological polar surface area (TPSA) is 32.3 Å². The SMILES string of the molecule is Cc1cc(NCc2cc(Br)c(O)c(Br)c2)ccc1Br. The van der Waals surface area contributed by atoms with Crippen molar-refractivity contribution in [1.82, 2.24) is 0 Å².